The average Bonchev–Trinajstić information content (AvgIpc) is 3.10. The lowest BCUT2D eigenvalue weighted by atomic mass is 10.1. The summed E-state index contributed by atoms with van der Waals surface area (Å²) >= 11 is 0. The van der Waals surface area contributed by atoms with Crippen LogP contribution < -0.4 is 5.32 Å². The molecule has 8 heteroatoms. The van der Waals surface area contributed by atoms with Crippen LogP contribution in [-0.4, -0.2) is 50.7 Å². The van der Waals surface area contributed by atoms with Gasteiger partial charge in [0, 0.05) is 24.9 Å². The molecule has 1 aliphatic rings. The molecule has 0 saturated carbocycles. The molecular formula is C22H26N6O2. The first-order valence-electron chi connectivity index (χ1n) is 10.1. The summed E-state index contributed by atoms with van der Waals surface area (Å²) in [5, 5.41) is 10.4. The largest absolute Gasteiger partial charge is 0.368 e. The molecule has 4 rings (SSSR count). The van der Waals surface area contributed by atoms with Crippen molar-refractivity contribution in [3.05, 3.63) is 65.2 Å². The fourth-order valence-electron chi connectivity index (χ4n) is 3.66. The molecular weight excluding hydrogens is 380 g/mol. The number of aromatic amines is 1. The second-order valence-electron chi connectivity index (χ2n) is 7.40. The minimum Gasteiger partial charge on any atom is -0.368 e. The highest BCUT2D eigenvalue weighted by Crippen LogP contribution is 2.23. The van der Waals surface area contributed by atoms with Crippen LogP contribution in [0, 0.1) is 13.8 Å². The molecule has 1 aliphatic heterocycles. The number of aromatic nitrogens is 4. The number of pyridine rings is 2. The zero-order valence-electron chi connectivity index (χ0n) is 17.3. The summed E-state index contributed by atoms with van der Waals surface area (Å²) in [6, 6.07) is 11.4. The van der Waals surface area contributed by atoms with E-state index < -0.39 is 0 Å². The Morgan fingerprint density at radius 1 is 1.23 bits per heavy atom. The summed E-state index contributed by atoms with van der Waals surface area (Å²) in [5.41, 5.74) is 3.92. The number of nitrogens with zero attached hydrogens (tertiary/aromatic N) is 4. The number of carbonyl (C=O) groups is 1. The molecule has 30 heavy (non-hydrogen) atoms. The van der Waals surface area contributed by atoms with Crippen LogP contribution in [0.4, 0.5) is 11.6 Å². The zero-order valence-corrected chi connectivity index (χ0v) is 17.3. The molecule has 0 radical (unpaired) electrons. The number of amides is 1. The van der Waals surface area contributed by atoms with Crippen LogP contribution in [0.25, 0.3) is 0 Å². The van der Waals surface area contributed by atoms with Crippen molar-refractivity contribution in [2.75, 3.05) is 25.0 Å². The van der Waals surface area contributed by atoms with Gasteiger partial charge in [-0.1, -0.05) is 12.1 Å². The van der Waals surface area contributed by atoms with Crippen molar-refractivity contribution in [2.45, 2.75) is 32.8 Å². The minimum absolute atomic E-state index is 0.131. The lowest BCUT2D eigenvalue weighted by Crippen LogP contribution is -2.42. The minimum atomic E-state index is -0.245. The lowest BCUT2D eigenvalue weighted by molar-refractivity contribution is -0.139. The van der Waals surface area contributed by atoms with Gasteiger partial charge in [0.1, 0.15) is 17.7 Å². The first kappa shape index (κ1) is 20.0. The highest BCUT2D eigenvalue weighted by atomic mass is 16.5. The third-order valence-electron chi connectivity index (χ3n) is 5.31. The topological polar surface area (TPSA) is 96.0 Å². The third-order valence-corrected chi connectivity index (χ3v) is 5.31. The van der Waals surface area contributed by atoms with Gasteiger partial charge < -0.3 is 15.0 Å². The third kappa shape index (κ3) is 4.65. The van der Waals surface area contributed by atoms with Gasteiger partial charge in [-0.05, 0) is 50.1 Å². The van der Waals surface area contributed by atoms with Gasteiger partial charge >= 0.3 is 0 Å². The van der Waals surface area contributed by atoms with E-state index >= 15 is 0 Å². The fraction of sp³-hybridized carbons (Fsp3) is 0.364. The Morgan fingerprint density at radius 2 is 2.10 bits per heavy atom. The Labute approximate surface area is 175 Å². The van der Waals surface area contributed by atoms with Gasteiger partial charge in [-0.25, -0.2) is 9.97 Å². The van der Waals surface area contributed by atoms with Crippen molar-refractivity contribution in [3.8, 4) is 0 Å². The first-order valence-corrected chi connectivity index (χ1v) is 10.1. The van der Waals surface area contributed by atoms with Crippen molar-refractivity contribution in [2.24, 2.45) is 0 Å². The van der Waals surface area contributed by atoms with Crippen molar-refractivity contribution in [1.82, 2.24) is 25.1 Å². The highest BCUT2D eigenvalue weighted by Gasteiger charge is 2.26. The van der Waals surface area contributed by atoms with Crippen molar-refractivity contribution >= 4 is 17.5 Å². The SMILES string of the molecule is Cc1n[nH]c(C)c1CCC(=O)N1CCOC(c2cccc(Nc3ccccn3)n2)C1. The van der Waals surface area contributed by atoms with Crippen molar-refractivity contribution < 1.29 is 9.53 Å². The summed E-state index contributed by atoms with van der Waals surface area (Å²) in [7, 11) is 0. The molecule has 1 atom stereocenters. The second-order valence-corrected chi connectivity index (χ2v) is 7.40. The van der Waals surface area contributed by atoms with Gasteiger partial charge in [-0.15, -0.1) is 0 Å². The van der Waals surface area contributed by atoms with Crippen LogP contribution in [0.3, 0.4) is 0 Å². The predicted octanol–water partition coefficient (Wildman–Crippen LogP) is 3.09. The van der Waals surface area contributed by atoms with E-state index in [2.05, 4.69) is 25.5 Å². The fourth-order valence-corrected chi connectivity index (χ4v) is 3.66. The summed E-state index contributed by atoms with van der Waals surface area (Å²) in [5.74, 6) is 1.56. The molecule has 0 aliphatic carbocycles. The normalized spacial score (nSPS) is 16.5. The number of morpholine rings is 1. The van der Waals surface area contributed by atoms with Gasteiger partial charge in [0.05, 0.1) is 24.5 Å². The number of carbonyl (C=O) groups excluding carboxylic acids is 1. The molecule has 3 aromatic rings. The number of H-pyrrole nitrogens is 1. The van der Waals surface area contributed by atoms with Crippen LogP contribution in [0.1, 0.15) is 35.2 Å². The molecule has 0 spiro atoms. The second kappa shape index (κ2) is 9.04. The zero-order chi connectivity index (χ0) is 20.9. The van der Waals surface area contributed by atoms with Crippen molar-refractivity contribution in [3.63, 3.8) is 0 Å². The maximum absolute atomic E-state index is 12.8. The van der Waals surface area contributed by atoms with Gasteiger partial charge in [0.2, 0.25) is 5.91 Å². The Bertz CT molecular complexity index is 984. The highest BCUT2D eigenvalue weighted by molar-refractivity contribution is 5.76. The quantitative estimate of drug-likeness (QED) is 0.653. The number of nitrogens with one attached hydrogen (secondary N) is 2. The monoisotopic (exact) mass is 406 g/mol. The first-order chi connectivity index (χ1) is 14.6. The van der Waals surface area contributed by atoms with Crippen LogP contribution in [0.2, 0.25) is 0 Å². The number of aryl methyl sites for hydroxylation is 2. The number of rotatable bonds is 6. The number of hydrogen-bond donors (Lipinski definition) is 2. The smallest absolute Gasteiger partial charge is 0.223 e. The lowest BCUT2D eigenvalue weighted by Gasteiger charge is -2.33. The summed E-state index contributed by atoms with van der Waals surface area (Å²) in [6.07, 6.45) is 2.64. The molecule has 0 aromatic carbocycles. The molecule has 1 unspecified atom stereocenters. The average molecular weight is 406 g/mol. The van der Waals surface area contributed by atoms with Crippen LogP contribution in [-0.2, 0) is 16.0 Å². The summed E-state index contributed by atoms with van der Waals surface area (Å²) < 4.78 is 5.92. The van der Waals surface area contributed by atoms with Crippen LogP contribution >= 0.6 is 0 Å². The predicted molar refractivity (Wildman–Crippen MR) is 113 cm³/mol. The van der Waals surface area contributed by atoms with E-state index in [-0.39, 0.29) is 12.0 Å². The molecule has 0 bridgehead atoms. The Kier molecular flexibility index (Phi) is 6.04. The van der Waals surface area contributed by atoms with E-state index in [4.69, 9.17) is 4.74 Å². The number of hydrogen-bond acceptors (Lipinski definition) is 6. The van der Waals surface area contributed by atoms with E-state index in [0.717, 1.165) is 28.5 Å². The van der Waals surface area contributed by atoms with E-state index in [9.17, 15) is 4.79 Å². The molecule has 1 saturated heterocycles. The molecule has 1 amide bonds. The summed E-state index contributed by atoms with van der Waals surface area (Å²) in [4.78, 5) is 23.6. The number of ether oxygens (including phenoxy) is 1. The summed E-state index contributed by atoms with van der Waals surface area (Å²) in [6.45, 7) is 5.56. The van der Waals surface area contributed by atoms with E-state index in [1.165, 1.54) is 0 Å². The van der Waals surface area contributed by atoms with Gasteiger partial charge in [0.15, 0.2) is 0 Å². The Morgan fingerprint density at radius 3 is 2.87 bits per heavy atom. The molecule has 3 aromatic heterocycles. The van der Waals surface area contributed by atoms with E-state index in [1.807, 2.05) is 55.1 Å². The van der Waals surface area contributed by atoms with Crippen LogP contribution in [0.5, 0.6) is 0 Å². The molecule has 2 N–H and O–H groups in total. The Balaban J connectivity index is 1.39. The van der Waals surface area contributed by atoms with Crippen LogP contribution in [0.15, 0.2) is 42.6 Å². The van der Waals surface area contributed by atoms with Gasteiger partial charge in [0.25, 0.3) is 0 Å². The number of anilines is 2. The maximum atomic E-state index is 12.8. The molecule has 156 valence electrons. The Hall–Kier alpha value is -3.26. The van der Waals surface area contributed by atoms with Gasteiger partial charge in [-0.3, -0.25) is 9.89 Å². The molecule has 4 heterocycles. The molecule has 1 fully saturated rings. The van der Waals surface area contributed by atoms with Gasteiger partial charge in [-0.2, -0.15) is 5.10 Å². The van der Waals surface area contributed by atoms with E-state index in [1.54, 1.807) is 6.20 Å². The standard InChI is InChI=1S/C22H26N6O2/c1-15-17(16(2)27-26-15)9-10-22(29)28-12-13-30-19(14-28)18-6-5-8-21(24-18)25-20-7-3-4-11-23-20/h3-8,11,19H,9-10,12-14H2,1-2H3,(H,26,27)(H,23,24,25). The maximum Gasteiger partial charge on any atom is 0.223 e. The molecule has 8 nitrogen and oxygen atoms in total. The van der Waals surface area contributed by atoms with E-state index in [0.29, 0.717) is 38.4 Å². The van der Waals surface area contributed by atoms with Crippen molar-refractivity contribution in [1.29, 1.82) is 0 Å².